The summed E-state index contributed by atoms with van der Waals surface area (Å²) in [6.07, 6.45) is 1.54. The van der Waals surface area contributed by atoms with Crippen molar-refractivity contribution >= 4 is 34.5 Å². The molecule has 0 saturated carbocycles. The van der Waals surface area contributed by atoms with Crippen LogP contribution in [0.2, 0.25) is 0 Å². The Morgan fingerprint density at radius 3 is 2.45 bits per heavy atom. The number of carbonyl (C=O) groups excluding carboxylic acids is 2. The van der Waals surface area contributed by atoms with Gasteiger partial charge in [0.25, 0.3) is 0 Å². The third-order valence-corrected chi connectivity index (χ3v) is 7.84. The van der Waals surface area contributed by atoms with Crippen LogP contribution in [0.3, 0.4) is 0 Å². The van der Waals surface area contributed by atoms with Gasteiger partial charge in [0.15, 0.2) is 11.5 Å². The van der Waals surface area contributed by atoms with Crippen molar-refractivity contribution in [2.75, 3.05) is 51.7 Å². The van der Waals surface area contributed by atoms with Gasteiger partial charge < -0.3 is 25.0 Å². The fraction of sp³-hybridized carbons (Fsp3) is 0.469. The molecule has 0 bridgehead atoms. The van der Waals surface area contributed by atoms with E-state index in [-0.39, 0.29) is 12.0 Å². The fourth-order valence-electron chi connectivity index (χ4n) is 5.37. The molecule has 1 saturated heterocycles. The molecule has 3 heterocycles. The number of ether oxygens (including phenoxy) is 2. The maximum atomic E-state index is 13.1. The molecule has 2 aromatic heterocycles. The zero-order chi connectivity index (χ0) is 31.3. The molecule has 12 heteroatoms. The van der Waals surface area contributed by atoms with Gasteiger partial charge >= 0.3 is 6.09 Å². The van der Waals surface area contributed by atoms with Crippen LogP contribution in [-0.2, 0) is 9.53 Å². The Balaban J connectivity index is 1.18. The van der Waals surface area contributed by atoms with Gasteiger partial charge in [-0.1, -0.05) is 25.5 Å². The van der Waals surface area contributed by atoms with Gasteiger partial charge in [-0.15, -0.1) is 5.10 Å². The lowest BCUT2D eigenvalue weighted by Crippen LogP contribution is -2.51. The average Bonchev–Trinajstić information content (AvgIpc) is 3.47. The Kier molecular flexibility index (Phi) is 9.48. The Labute approximate surface area is 257 Å². The van der Waals surface area contributed by atoms with Gasteiger partial charge in [-0.25, -0.2) is 14.8 Å². The van der Waals surface area contributed by atoms with Crippen LogP contribution in [-0.4, -0.2) is 99.4 Å². The molecule has 2 N–H and O–H groups in total. The first-order chi connectivity index (χ1) is 21.2. The topological polar surface area (TPSA) is 126 Å². The third kappa shape index (κ3) is 7.19. The lowest BCUT2D eigenvalue weighted by Gasteiger charge is -2.36. The van der Waals surface area contributed by atoms with E-state index in [1.165, 1.54) is 0 Å². The van der Waals surface area contributed by atoms with Gasteiger partial charge in [0.1, 0.15) is 17.4 Å². The number of fused-ring (bicyclic) bond motifs is 3. The second-order valence-electron chi connectivity index (χ2n) is 11.7. The quantitative estimate of drug-likeness (QED) is 0.260. The number of methoxy groups -OCH3 is 1. The van der Waals surface area contributed by atoms with E-state index in [1.54, 1.807) is 23.4 Å². The standard InChI is InChI=1S/C32H42N8O4/c1-6-15-32(3,4)44-31(42)39-20-18-38(19-21-39)17-16-33-29(41)22(2)34-30-35-26-10-8-7-9-25(26)28-36-27(37-40(28)30)23-11-13-24(43-5)14-12-23/h7-14,22H,6,15-21H2,1-5H3,(H,33,41)(H,34,35)/t22-/m1/s1. The minimum atomic E-state index is -0.571. The summed E-state index contributed by atoms with van der Waals surface area (Å²) in [5, 5.41) is 11.9. The number of aromatic nitrogens is 4. The summed E-state index contributed by atoms with van der Waals surface area (Å²) in [5.74, 6) is 1.58. The van der Waals surface area contributed by atoms with Crippen LogP contribution in [0.15, 0.2) is 48.5 Å². The number of piperazine rings is 1. The molecule has 1 aliphatic rings. The molecule has 1 aliphatic heterocycles. The van der Waals surface area contributed by atoms with E-state index in [2.05, 4.69) is 22.5 Å². The predicted octanol–water partition coefficient (Wildman–Crippen LogP) is 4.20. The van der Waals surface area contributed by atoms with Crippen molar-refractivity contribution in [3.63, 3.8) is 0 Å². The Morgan fingerprint density at radius 1 is 1.02 bits per heavy atom. The molecule has 5 rings (SSSR count). The van der Waals surface area contributed by atoms with Crippen LogP contribution in [0.1, 0.15) is 40.5 Å². The molecule has 1 atom stereocenters. The van der Waals surface area contributed by atoms with Crippen LogP contribution in [0, 0.1) is 0 Å². The highest BCUT2D eigenvalue weighted by Crippen LogP contribution is 2.26. The van der Waals surface area contributed by atoms with E-state index in [1.807, 2.05) is 62.4 Å². The second kappa shape index (κ2) is 13.5. The SMILES string of the molecule is CCCC(C)(C)OC(=O)N1CCN(CCNC(=O)[C@@H](C)Nc2nc3ccccc3c3nc(-c4ccc(OC)cc4)nn23)CC1. The van der Waals surface area contributed by atoms with Gasteiger partial charge in [-0.05, 0) is 63.6 Å². The number of nitrogens with zero attached hydrogens (tertiary/aromatic N) is 6. The Bertz CT molecular complexity index is 1600. The number of amides is 2. The van der Waals surface area contributed by atoms with Gasteiger partial charge in [0.05, 0.1) is 12.6 Å². The first-order valence-electron chi connectivity index (χ1n) is 15.2. The lowest BCUT2D eigenvalue weighted by atomic mass is 10.0. The van der Waals surface area contributed by atoms with Crippen molar-refractivity contribution < 1.29 is 19.1 Å². The number of hydrogen-bond donors (Lipinski definition) is 2. The summed E-state index contributed by atoms with van der Waals surface area (Å²) in [7, 11) is 1.63. The maximum absolute atomic E-state index is 13.1. The molecule has 0 spiro atoms. The van der Waals surface area contributed by atoms with Crippen LogP contribution in [0.25, 0.3) is 27.9 Å². The zero-order valence-electron chi connectivity index (χ0n) is 26.2. The minimum absolute atomic E-state index is 0.149. The first-order valence-corrected chi connectivity index (χ1v) is 15.2. The number of benzene rings is 2. The van der Waals surface area contributed by atoms with Crippen molar-refractivity contribution in [3.05, 3.63) is 48.5 Å². The minimum Gasteiger partial charge on any atom is -0.497 e. The summed E-state index contributed by atoms with van der Waals surface area (Å²) >= 11 is 0. The van der Waals surface area contributed by atoms with Gasteiger partial charge in [0, 0.05) is 50.2 Å². The Morgan fingerprint density at radius 2 is 1.75 bits per heavy atom. The molecule has 0 aliphatic carbocycles. The summed E-state index contributed by atoms with van der Waals surface area (Å²) in [4.78, 5) is 39.2. The van der Waals surface area contributed by atoms with Crippen molar-refractivity contribution in [1.29, 1.82) is 0 Å². The number of rotatable bonds is 11. The first kappa shape index (κ1) is 31.0. The third-order valence-electron chi connectivity index (χ3n) is 7.84. The van der Waals surface area contributed by atoms with Gasteiger partial charge in [-0.2, -0.15) is 4.52 Å². The Hall–Kier alpha value is -4.45. The predicted molar refractivity (Wildman–Crippen MR) is 170 cm³/mol. The van der Waals surface area contributed by atoms with Gasteiger partial charge in [-0.3, -0.25) is 9.69 Å². The lowest BCUT2D eigenvalue weighted by molar-refractivity contribution is -0.121. The molecule has 0 unspecified atom stereocenters. The number of nitrogens with one attached hydrogen (secondary N) is 2. The second-order valence-corrected chi connectivity index (χ2v) is 11.7. The van der Waals surface area contributed by atoms with Crippen molar-refractivity contribution in [2.45, 2.75) is 52.2 Å². The highest BCUT2D eigenvalue weighted by atomic mass is 16.6. The summed E-state index contributed by atoms with van der Waals surface area (Å²) < 4.78 is 12.6. The average molecular weight is 603 g/mol. The van der Waals surface area contributed by atoms with Crippen molar-refractivity contribution in [1.82, 2.24) is 34.7 Å². The maximum Gasteiger partial charge on any atom is 0.410 e. The molecule has 4 aromatic rings. The molecule has 44 heavy (non-hydrogen) atoms. The largest absolute Gasteiger partial charge is 0.497 e. The van der Waals surface area contributed by atoms with E-state index in [4.69, 9.17) is 24.5 Å². The molecule has 0 radical (unpaired) electrons. The molecule has 2 aromatic carbocycles. The van der Waals surface area contributed by atoms with Crippen molar-refractivity contribution in [3.8, 4) is 17.1 Å². The van der Waals surface area contributed by atoms with E-state index in [0.29, 0.717) is 43.6 Å². The normalized spacial score (nSPS) is 14.9. The fourth-order valence-corrected chi connectivity index (χ4v) is 5.37. The number of carbonyl (C=O) groups is 2. The summed E-state index contributed by atoms with van der Waals surface area (Å²) in [6.45, 7) is 11.6. The van der Waals surface area contributed by atoms with E-state index < -0.39 is 11.6 Å². The van der Waals surface area contributed by atoms with Crippen LogP contribution in [0.5, 0.6) is 5.75 Å². The number of para-hydroxylation sites is 1. The van der Waals surface area contributed by atoms with E-state index in [0.717, 1.165) is 48.1 Å². The molecular formula is C32H42N8O4. The molecule has 1 fully saturated rings. The van der Waals surface area contributed by atoms with Crippen molar-refractivity contribution in [2.24, 2.45) is 0 Å². The van der Waals surface area contributed by atoms with Gasteiger partial charge in [0.2, 0.25) is 11.9 Å². The monoisotopic (exact) mass is 602 g/mol. The summed E-state index contributed by atoms with van der Waals surface area (Å²) in [5.41, 5.74) is 1.78. The van der Waals surface area contributed by atoms with E-state index in [9.17, 15) is 9.59 Å². The summed E-state index contributed by atoms with van der Waals surface area (Å²) in [6, 6.07) is 14.7. The molecule has 12 nitrogen and oxygen atoms in total. The smallest absolute Gasteiger partial charge is 0.410 e. The van der Waals surface area contributed by atoms with Crippen LogP contribution >= 0.6 is 0 Å². The molecule has 234 valence electrons. The number of hydrogen-bond acceptors (Lipinski definition) is 9. The molecule has 2 amide bonds. The van der Waals surface area contributed by atoms with Crippen LogP contribution < -0.4 is 15.4 Å². The van der Waals surface area contributed by atoms with Crippen LogP contribution in [0.4, 0.5) is 10.7 Å². The van der Waals surface area contributed by atoms with E-state index >= 15 is 0 Å². The highest BCUT2D eigenvalue weighted by Gasteiger charge is 2.28. The number of anilines is 1. The highest BCUT2D eigenvalue weighted by molar-refractivity contribution is 5.93. The zero-order valence-corrected chi connectivity index (χ0v) is 26.2. The molecular weight excluding hydrogens is 560 g/mol.